The number of rotatable bonds is 1. The van der Waals surface area contributed by atoms with Crippen molar-refractivity contribution in [3.05, 3.63) is 12.2 Å². The van der Waals surface area contributed by atoms with Gasteiger partial charge in [-0.1, -0.05) is 67.0 Å². The van der Waals surface area contributed by atoms with E-state index in [2.05, 4.69) is 48.5 Å². The zero-order chi connectivity index (χ0) is 22.9. The van der Waals surface area contributed by atoms with Gasteiger partial charge in [-0.2, -0.15) is 0 Å². The summed E-state index contributed by atoms with van der Waals surface area (Å²) in [4.78, 5) is 0. The fourth-order valence-corrected chi connectivity index (χ4v) is 12.8. The zero-order valence-corrected chi connectivity index (χ0v) is 22.5. The van der Waals surface area contributed by atoms with Crippen molar-refractivity contribution in [3.8, 4) is 0 Å². The second kappa shape index (κ2) is 6.49. The Hall–Kier alpha value is -0.260. The van der Waals surface area contributed by atoms with Crippen molar-refractivity contribution in [2.75, 3.05) is 0 Å². The first-order chi connectivity index (χ1) is 14.9. The second-order valence-electron chi connectivity index (χ2n) is 15.5. The normalized spacial score (nSPS) is 60.3. The van der Waals surface area contributed by atoms with E-state index in [1.807, 2.05) is 0 Å². The molecule has 0 nitrogen and oxygen atoms in total. The Morgan fingerprint density at radius 3 is 2.28 bits per heavy atom. The topological polar surface area (TPSA) is 0 Å². The molecule has 6 aliphatic rings. The van der Waals surface area contributed by atoms with Crippen LogP contribution in [0.3, 0.4) is 0 Å². The lowest BCUT2D eigenvalue weighted by atomic mass is 9.29. The molecule has 6 rings (SSSR count). The van der Waals surface area contributed by atoms with E-state index in [1.54, 1.807) is 5.57 Å². The van der Waals surface area contributed by atoms with E-state index in [-0.39, 0.29) is 0 Å². The highest BCUT2D eigenvalue weighted by Gasteiger charge is 2.73. The van der Waals surface area contributed by atoms with Crippen LogP contribution in [0.15, 0.2) is 12.2 Å². The lowest BCUT2D eigenvalue weighted by molar-refractivity contribution is -0.262. The molecule has 0 amide bonds. The summed E-state index contributed by atoms with van der Waals surface area (Å²) in [7, 11) is 0. The minimum absolute atomic E-state index is 0.503. The van der Waals surface area contributed by atoms with Crippen LogP contribution in [-0.4, -0.2) is 0 Å². The predicted molar refractivity (Wildman–Crippen MR) is 136 cm³/mol. The van der Waals surface area contributed by atoms with Gasteiger partial charge in [-0.15, -0.1) is 0 Å². The highest BCUT2D eigenvalue weighted by Crippen LogP contribution is 2.80. The standard InChI is InChI=1S/C32H52/c1-9-32-15-11-23-20(2)18-22-19-25-29(6)13-10-21(3)28(4,5)24(29)12-14-30(25,7)31(8,16-17-32)26(22)27(23)32/h21-27H,2,9-19H2,1,3-8H3. The van der Waals surface area contributed by atoms with E-state index in [0.717, 1.165) is 41.4 Å². The highest BCUT2D eigenvalue weighted by atomic mass is 14.8. The molecule has 0 heterocycles. The maximum absolute atomic E-state index is 4.77. The van der Waals surface area contributed by atoms with Crippen molar-refractivity contribution in [2.45, 2.75) is 119 Å². The summed E-state index contributed by atoms with van der Waals surface area (Å²) in [6.07, 6.45) is 16.3. The van der Waals surface area contributed by atoms with Crippen LogP contribution in [0.1, 0.15) is 119 Å². The van der Waals surface area contributed by atoms with E-state index in [1.165, 1.54) is 70.6 Å². The molecule has 0 aromatic heterocycles. The van der Waals surface area contributed by atoms with Gasteiger partial charge in [0.15, 0.2) is 0 Å². The van der Waals surface area contributed by atoms with E-state index in [4.69, 9.17) is 6.58 Å². The molecule has 11 unspecified atom stereocenters. The number of fused-ring (bicyclic) bond motifs is 4. The zero-order valence-electron chi connectivity index (χ0n) is 22.5. The van der Waals surface area contributed by atoms with Gasteiger partial charge in [0.2, 0.25) is 0 Å². The number of allylic oxidation sites excluding steroid dienone is 1. The Kier molecular flexibility index (Phi) is 4.50. The van der Waals surface area contributed by atoms with Gasteiger partial charge in [0.25, 0.3) is 0 Å². The smallest absolute Gasteiger partial charge is 0.0169 e. The van der Waals surface area contributed by atoms with Crippen molar-refractivity contribution in [1.29, 1.82) is 0 Å². The average molecular weight is 437 g/mol. The van der Waals surface area contributed by atoms with E-state index >= 15 is 0 Å². The second-order valence-corrected chi connectivity index (χ2v) is 15.5. The molecule has 0 N–H and O–H groups in total. The van der Waals surface area contributed by atoms with Gasteiger partial charge < -0.3 is 0 Å². The van der Waals surface area contributed by atoms with Crippen LogP contribution >= 0.6 is 0 Å². The molecule has 32 heavy (non-hydrogen) atoms. The van der Waals surface area contributed by atoms with Crippen LogP contribution in [0.2, 0.25) is 0 Å². The number of hydrogen-bond donors (Lipinski definition) is 0. The first kappa shape index (κ1) is 22.2. The van der Waals surface area contributed by atoms with Crippen molar-refractivity contribution in [3.63, 3.8) is 0 Å². The van der Waals surface area contributed by atoms with Gasteiger partial charge in [-0.25, -0.2) is 0 Å². The molecule has 0 aromatic carbocycles. The van der Waals surface area contributed by atoms with Crippen LogP contribution in [0, 0.1) is 68.5 Å². The molecule has 6 fully saturated rings. The quantitative estimate of drug-likeness (QED) is 0.359. The first-order valence-corrected chi connectivity index (χ1v) is 14.6. The molecule has 0 aromatic rings. The maximum Gasteiger partial charge on any atom is -0.0169 e. The Morgan fingerprint density at radius 2 is 1.56 bits per heavy atom. The van der Waals surface area contributed by atoms with Crippen LogP contribution in [0.25, 0.3) is 0 Å². The number of hydrogen-bond acceptors (Lipinski definition) is 0. The van der Waals surface area contributed by atoms with Gasteiger partial charge in [0, 0.05) is 0 Å². The van der Waals surface area contributed by atoms with Gasteiger partial charge in [-0.05, 0) is 133 Å². The third kappa shape index (κ3) is 2.33. The monoisotopic (exact) mass is 436 g/mol. The summed E-state index contributed by atoms with van der Waals surface area (Å²) in [6.45, 7) is 23.6. The van der Waals surface area contributed by atoms with Crippen LogP contribution < -0.4 is 0 Å². The van der Waals surface area contributed by atoms with Crippen LogP contribution in [0.5, 0.6) is 0 Å². The maximum atomic E-state index is 4.77. The lowest BCUT2D eigenvalue weighted by Crippen LogP contribution is -2.68. The van der Waals surface area contributed by atoms with Gasteiger partial charge in [-0.3, -0.25) is 0 Å². The largest absolute Gasteiger partial charge is 0.0996 e. The van der Waals surface area contributed by atoms with Crippen LogP contribution in [0.4, 0.5) is 0 Å². The van der Waals surface area contributed by atoms with Crippen molar-refractivity contribution < 1.29 is 0 Å². The first-order valence-electron chi connectivity index (χ1n) is 14.6. The minimum atomic E-state index is 0.503. The van der Waals surface area contributed by atoms with Crippen molar-refractivity contribution in [2.24, 2.45) is 68.5 Å². The summed E-state index contributed by atoms with van der Waals surface area (Å²) >= 11 is 0. The Morgan fingerprint density at radius 1 is 0.812 bits per heavy atom. The van der Waals surface area contributed by atoms with Gasteiger partial charge >= 0.3 is 0 Å². The molecule has 6 saturated carbocycles. The Bertz CT molecular complexity index is 820. The predicted octanol–water partition coefficient (Wildman–Crippen LogP) is 9.30. The van der Waals surface area contributed by atoms with E-state index in [0.29, 0.717) is 27.1 Å². The Labute approximate surface area is 199 Å². The third-order valence-corrected chi connectivity index (χ3v) is 15.1. The molecule has 0 spiro atoms. The summed E-state index contributed by atoms with van der Waals surface area (Å²) in [5.41, 5.74) is 4.47. The van der Waals surface area contributed by atoms with Gasteiger partial charge in [0.1, 0.15) is 0 Å². The molecular weight excluding hydrogens is 384 g/mol. The summed E-state index contributed by atoms with van der Waals surface area (Å²) < 4.78 is 0. The Balaban J connectivity index is 1.46. The molecule has 0 aliphatic heterocycles. The summed E-state index contributed by atoms with van der Waals surface area (Å²) in [5, 5.41) is 0. The van der Waals surface area contributed by atoms with Crippen molar-refractivity contribution >= 4 is 0 Å². The average Bonchev–Trinajstić information content (AvgIpc) is 3.13. The summed E-state index contributed by atoms with van der Waals surface area (Å²) in [6, 6.07) is 0. The minimum Gasteiger partial charge on any atom is -0.0996 e. The molecule has 0 bridgehead atoms. The van der Waals surface area contributed by atoms with Crippen molar-refractivity contribution in [1.82, 2.24) is 0 Å². The van der Waals surface area contributed by atoms with E-state index < -0.39 is 0 Å². The molecular formula is C32H52. The van der Waals surface area contributed by atoms with Gasteiger partial charge in [0.05, 0.1) is 0 Å². The van der Waals surface area contributed by atoms with E-state index in [9.17, 15) is 0 Å². The molecule has 0 heteroatoms. The van der Waals surface area contributed by atoms with Crippen LogP contribution in [-0.2, 0) is 0 Å². The molecule has 6 aliphatic carbocycles. The fourth-order valence-electron chi connectivity index (χ4n) is 12.8. The summed E-state index contributed by atoms with van der Waals surface area (Å²) in [5.74, 6) is 6.44. The fraction of sp³-hybridized carbons (Fsp3) is 0.938. The molecule has 0 saturated heterocycles. The molecule has 11 atom stereocenters. The third-order valence-electron chi connectivity index (χ3n) is 15.1. The highest BCUT2D eigenvalue weighted by molar-refractivity contribution is 5.26. The molecule has 0 radical (unpaired) electrons. The SMILES string of the molecule is C=C1CC2CC3C4(C)CCC(C)C(C)(C)C4CCC3(C)C3(C)CCC4(CC)CCC1C4C23. The lowest BCUT2D eigenvalue weighted by Gasteiger charge is -2.75. The molecule has 180 valence electrons.